The second kappa shape index (κ2) is 16.0. The van der Waals surface area contributed by atoms with Gasteiger partial charge < -0.3 is 19.1 Å². The number of nitrogens with one attached hydrogen (secondary N) is 1. The first-order chi connectivity index (χ1) is 27.6. The van der Waals surface area contributed by atoms with Crippen LogP contribution in [0.4, 0.5) is 0 Å². The number of hydrogen-bond acceptors (Lipinski definition) is 9. The lowest BCUT2D eigenvalue weighted by atomic mass is 9.76. The van der Waals surface area contributed by atoms with Gasteiger partial charge in [-0.15, -0.1) is 6.58 Å². The van der Waals surface area contributed by atoms with Crippen LogP contribution in [0.15, 0.2) is 85.6 Å². The Labute approximate surface area is 345 Å². The van der Waals surface area contributed by atoms with Crippen LogP contribution in [0.1, 0.15) is 58.4 Å². The topological polar surface area (TPSA) is 141 Å². The largest absolute Gasteiger partial charge is 0.496 e. The van der Waals surface area contributed by atoms with Crippen molar-refractivity contribution in [3.8, 4) is 28.5 Å². The third-order valence-corrected chi connectivity index (χ3v) is 13.9. The number of rotatable bonds is 15. The fourth-order valence-electron chi connectivity index (χ4n) is 8.24. The van der Waals surface area contributed by atoms with E-state index in [1.54, 1.807) is 43.5 Å². The molecule has 2 heterocycles. The Balaban J connectivity index is 1.20. The second-order valence-electron chi connectivity index (χ2n) is 16.8. The van der Waals surface area contributed by atoms with Crippen LogP contribution in [-0.4, -0.2) is 74.1 Å². The molecule has 5 atom stereocenters. The van der Waals surface area contributed by atoms with Crippen molar-refractivity contribution in [2.24, 2.45) is 22.7 Å². The molecule has 7 rings (SSSR count). The van der Waals surface area contributed by atoms with Crippen molar-refractivity contribution in [3.63, 3.8) is 0 Å². The minimum atomic E-state index is -3.85. The van der Waals surface area contributed by atoms with Crippen molar-refractivity contribution in [2.45, 2.75) is 76.7 Å². The fraction of sp³-hybridized carbons (Fsp3) is 0.422. The van der Waals surface area contributed by atoms with E-state index in [-0.39, 0.29) is 49.3 Å². The van der Waals surface area contributed by atoms with Crippen LogP contribution in [0.5, 0.6) is 17.4 Å². The van der Waals surface area contributed by atoms with E-state index in [0.717, 1.165) is 22.1 Å². The van der Waals surface area contributed by atoms with Crippen LogP contribution in [0.3, 0.4) is 0 Å². The number of nitrogens with zero attached hydrogens (tertiary/aromatic N) is 2. The summed E-state index contributed by atoms with van der Waals surface area (Å²) >= 11 is 6.41. The summed E-state index contributed by atoms with van der Waals surface area (Å²) in [7, 11) is -0.683. The van der Waals surface area contributed by atoms with Gasteiger partial charge in [-0.3, -0.25) is 19.1 Å². The normalized spacial score (nSPS) is 22.2. The van der Waals surface area contributed by atoms with E-state index in [1.165, 1.54) is 0 Å². The highest BCUT2D eigenvalue weighted by Gasteiger charge is 2.61. The van der Waals surface area contributed by atoms with E-state index in [0.29, 0.717) is 41.2 Å². The summed E-state index contributed by atoms with van der Waals surface area (Å²) in [6.45, 7) is 9.94. The number of halogens is 1. The van der Waals surface area contributed by atoms with Gasteiger partial charge in [-0.25, -0.2) is 13.4 Å². The van der Waals surface area contributed by atoms with Crippen molar-refractivity contribution in [2.75, 3.05) is 20.8 Å². The number of ether oxygens (including phenoxy) is 3. The van der Waals surface area contributed by atoms with Gasteiger partial charge in [0.25, 0.3) is 0 Å². The van der Waals surface area contributed by atoms with E-state index in [1.807, 2.05) is 75.4 Å². The highest BCUT2D eigenvalue weighted by molar-refractivity contribution is 7.90. The Hall–Kier alpha value is -4.94. The number of methoxy groups -OCH3 is 2. The van der Waals surface area contributed by atoms with Crippen LogP contribution < -0.4 is 18.9 Å². The summed E-state index contributed by atoms with van der Waals surface area (Å²) in [5, 5.41) is 1.21. The number of allylic oxidation sites excluding steroid dienone is 1. The summed E-state index contributed by atoms with van der Waals surface area (Å²) in [5.74, 6) is -0.757. The zero-order valence-electron chi connectivity index (χ0n) is 33.5. The Morgan fingerprint density at radius 3 is 2.38 bits per heavy atom. The Morgan fingerprint density at radius 2 is 1.74 bits per heavy atom. The van der Waals surface area contributed by atoms with Crippen LogP contribution in [0.2, 0.25) is 5.02 Å². The average molecular weight is 828 g/mol. The predicted octanol–water partition coefficient (Wildman–Crippen LogP) is 7.59. The molecule has 2 aliphatic carbocycles. The molecule has 13 heteroatoms. The van der Waals surface area contributed by atoms with E-state index in [4.69, 9.17) is 25.8 Å². The number of sulfonamides is 1. The lowest BCUT2D eigenvalue weighted by Gasteiger charge is -2.35. The Kier molecular flexibility index (Phi) is 11.4. The third-order valence-electron chi connectivity index (χ3n) is 11.9. The maximum atomic E-state index is 15.1. The van der Waals surface area contributed by atoms with Gasteiger partial charge in [0, 0.05) is 40.1 Å². The highest BCUT2D eigenvalue weighted by atomic mass is 35.5. The number of aromatic nitrogens is 1. The van der Waals surface area contributed by atoms with Gasteiger partial charge in [-0.1, -0.05) is 80.9 Å². The number of carbonyl (C=O) groups is 3. The van der Waals surface area contributed by atoms with Crippen molar-refractivity contribution >= 4 is 50.0 Å². The molecule has 4 aromatic rings. The molecule has 2 amide bonds. The predicted molar refractivity (Wildman–Crippen MR) is 223 cm³/mol. The number of hydrogen-bond donors (Lipinski definition) is 1. The molecule has 0 radical (unpaired) electrons. The molecule has 2 saturated carbocycles. The molecule has 58 heavy (non-hydrogen) atoms. The van der Waals surface area contributed by atoms with Crippen LogP contribution in [0.25, 0.3) is 21.9 Å². The number of carbonyl (C=O) groups excluding carboxylic acids is 3. The minimum Gasteiger partial charge on any atom is -0.496 e. The summed E-state index contributed by atoms with van der Waals surface area (Å²) in [6.07, 6.45) is 4.00. The van der Waals surface area contributed by atoms with Gasteiger partial charge in [-0.2, -0.15) is 0 Å². The fourth-order valence-corrected chi connectivity index (χ4v) is 9.79. The monoisotopic (exact) mass is 827 g/mol. The van der Waals surface area contributed by atoms with Crippen molar-refractivity contribution in [3.05, 3.63) is 96.2 Å². The first kappa shape index (κ1) is 41.2. The number of Topliss-reactive ketones (excluding diaryl/α,β-unsaturated/α-hetero) is 1. The Morgan fingerprint density at radius 1 is 1.02 bits per heavy atom. The van der Waals surface area contributed by atoms with Gasteiger partial charge in [0.15, 0.2) is 5.78 Å². The van der Waals surface area contributed by atoms with Crippen LogP contribution >= 0.6 is 11.6 Å². The Bertz CT molecular complexity index is 2360. The first-order valence-corrected chi connectivity index (χ1v) is 21.5. The van der Waals surface area contributed by atoms with E-state index < -0.39 is 50.1 Å². The molecule has 0 bridgehead atoms. The summed E-state index contributed by atoms with van der Waals surface area (Å²) in [5.41, 5.74) is 1.01. The van der Waals surface area contributed by atoms with E-state index >= 15 is 4.79 Å². The molecular formula is C45H50ClN3O8S. The van der Waals surface area contributed by atoms with Gasteiger partial charge >= 0.3 is 0 Å². The maximum Gasteiger partial charge on any atom is 0.240 e. The number of ketones is 1. The highest BCUT2D eigenvalue weighted by Crippen LogP contribution is 2.57. The molecule has 1 unspecified atom stereocenters. The summed E-state index contributed by atoms with van der Waals surface area (Å²) in [6, 6.07) is 20.2. The van der Waals surface area contributed by atoms with Crippen molar-refractivity contribution < 1.29 is 37.0 Å². The molecule has 0 spiro atoms. The second-order valence-corrected chi connectivity index (χ2v) is 19.2. The summed E-state index contributed by atoms with van der Waals surface area (Å²) in [4.78, 5) is 49.5. The molecule has 306 valence electrons. The lowest BCUT2D eigenvalue weighted by Crippen LogP contribution is -2.48. The molecule has 3 fully saturated rings. The smallest absolute Gasteiger partial charge is 0.240 e. The van der Waals surface area contributed by atoms with Crippen molar-refractivity contribution in [1.29, 1.82) is 0 Å². The van der Waals surface area contributed by atoms with Crippen LogP contribution in [0, 0.1) is 22.7 Å². The molecule has 1 aliphatic heterocycles. The number of likely N-dealkylation sites (tertiary alicyclic amines) is 1. The molecule has 11 nitrogen and oxygen atoms in total. The zero-order valence-corrected chi connectivity index (χ0v) is 35.1. The zero-order chi connectivity index (χ0) is 41.6. The first-order valence-electron chi connectivity index (χ1n) is 19.6. The lowest BCUT2D eigenvalue weighted by molar-refractivity contribution is -0.144. The number of benzene rings is 3. The molecule has 1 N–H and O–H groups in total. The van der Waals surface area contributed by atoms with Gasteiger partial charge in [0.1, 0.15) is 17.6 Å². The molecule has 1 aromatic heterocycles. The van der Waals surface area contributed by atoms with Gasteiger partial charge in [0.2, 0.25) is 27.7 Å². The van der Waals surface area contributed by atoms with Gasteiger partial charge in [0.05, 0.1) is 43.7 Å². The maximum absolute atomic E-state index is 15.1. The van der Waals surface area contributed by atoms with E-state index in [2.05, 4.69) is 16.3 Å². The third kappa shape index (κ3) is 8.31. The number of amides is 2. The summed E-state index contributed by atoms with van der Waals surface area (Å²) < 4.78 is 45.8. The van der Waals surface area contributed by atoms with Gasteiger partial charge in [-0.05, 0) is 72.4 Å². The number of fused-ring (bicyclic) bond motifs is 1. The minimum absolute atomic E-state index is 0.0774. The molecule has 3 aromatic carbocycles. The van der Waals surface area contributed by atoms with Crippen LogP contribution in [-0.2, 0) is 30.8 Å². The molecule has 3 aliphatic rings. The quantitative estimate of drug-likeness (QED) is 0.120. The molecule has 1 saturated heterocycles. The number of pyridine rings is 1. The average Bonchev–Trinajstić information content (AvgIpc) is 4.13. The standard InChI is InChI=1S/C45H50ClN3O8S/c1-7-29-23-45(29,43(52)48-58(53,54)32-15-16-32)24-38(50)37-22-31(57-41-35-21-30(46)14-18-34(35)40(56-6)25-47-41)26-49(37)42(51)36(44(2,3)4)19-27-13-17-33(39(20-27)55-5)28-11-9-8-10-12-28/h7-14,17-18,20-21,25,29,31-32,36-37H,1,15-16,19,22-24,26H2,2-6H3,(H,48,52)/t29-,31-,36?,37+,45-/m1/s1. The SMILES string of the molecule is C=C[C@@H]1C[C@]1(CC(=O)[C@@H]1C[C@@H](Oc2ncc(OC)c3ccc(Cl)cc23)CN1C(=O)C(Cc1ccc(-c2ccccc2)c(OC)c1)C(C)(C)C)C(=O)NS(=O)(=O)C1CC1. The molecular weight excluding hydrogens is 778 g/mol. The van der Waals surface area contributed by atoms with Crippen molar-refractivity contribution in [1.82, 2.24) is 14.6 Å². The van der Waals surface area contributed by atoms with E-state index in [9.17, 15) is 18.0 Å².